The van der Waals surface area contributed by atoms with Gasteiger partial charge in [-0.15, -0.1) is 0 Å². The molecule has 1 N–H and O–H groups in total. The molecule has 2 heterocycles. The van der Waals surface area contributed by atoms with Crippen molar-refractivity contribution in [3.05, 3.63) is 70.2 Å². The normalized spacial score (nSPS) is 12.8. The zero-order chi connectivity index (χ0) is 18.6. The molecule has 0 bridgehead atoms. The second-order valence-electron chi connectivity index (χ2n) is 6.82. The van der Waals surface area contributed by atoms with Crippen molar-refractivity contribution in [1.82, 2.24) is 0 Å². The lowest BCUT2D eigenvalue weighted by molar-refractivity contribution is 0.0676. The molecule has 4 aromatic rings. The number of para-hydroxylation sites is 2. The molecule has 132 valence electrons. The molecular weight excluding hydrogens is 328 g/mol. The first-order valence-corrected chi connectivity index (χ1v) is 8.59. The first kappa shape index (κ1) is 16.6. The minimum Gasteiger partial charge on any atom is -0.457 e. The monoisotopic (exact) mass is 348 g/mol. The molecule has 26 heavy (non-hydrogen) atoms. The number of furan rings is 2. The Labute approximate surface area is 151 Å². The molecule has 0 saturated heterocycles. The summed E-state index contributed by atoms with van der Waals surface area (Å²) >= 11 is 0. The van der Waals surface area contributed by atoms with Crippen LogP contribution in [0.5, 0.6) is 0 Å². The largest absolute Gasteiger partial charge is 0.457 e. The van der Waals surface area contributed by atoms with Crippen LogP contribution >= 0.6 is 0 Å². The number of hydrogen-bond acceptors (Lipinski definition) is 4. The maximum absolute atomic E-state index is 13.0. The molecule has 1 atom stereocenters. The van der Waals surface area contributed by atoms with Crippen molar-refractivity contribution in [2.45, 2.75) is 33.8 Å². The van der Waals surface area contributed by atoms with Crippen LogP contribution in [-0.2, 0) is 0 Å². The molecule has 4 heteroatoms. The Morgan fingerprint density at radius 1 is 0.846 bits per heavy atom. The van der Waals surface area contributed by atoms with Gasteiger partial charge in [0.2, 0.25) is 5.78 Å². The third kappa shape index (κ3) is 2.30. The summed E-state index contributed by atoms with van der Waals surface area (Å²) in [5.74, 6) is -0.0350. The molecule has 4 rings (SSSR count). The van der Waals surface area contributed by atoms with Gasteiger partial charge < -0.3 is 13.9 Å². The van der Waals surface area contributed by atoms with Crippen molar-refractivity contribution in [1.29, 1.82) is 0 Å². The van der Waals surface area contributed by atoms with Crippen molar-refractivity contribution in [3.8, 4) is 0 Å². The van der Waals surface area contributed by atoms with E-state index in [4.69, 9.17) is 8.83 Å². The van der Waals surface area contributed by atoms with Crippen molar-refractivity contribution in [3.63, 3.8) is 0 Å². The van der Waals surface area contributed by atoms with Gasteiger partial charge in [0.15, 0.2) is 11.9 Å². The Kier molecular flexibility index (Phi) is 3.74. The van der Waals surface area contributed by atoms with Crippen LogP contribution in [0.2, 0.25) is 0 Å². The molecule has 0 fully saturated rings. The van der Waals surface area contributed by atoms with E-state index in [2.05, 4.69) is 0 Å². The molecule has 1 unspecified atom stereocenters. The lowest BCUT2D eigenvalue weighted by Crippen LogP contribution is -2.12. The van der Waals surface area contributed by atoms with Gasteiger partial charge >= 0.3 is 0 Å². The highest BCUT2D eigenvalue weighted by atomic mass is 16.4. The molecule has 0 amide bonds. The highest BCUT2D eigenvalue weighted by molar-refractivity contribution is 6.03. The van der Waals surface area contributed by atoms with Crippen LogP contribution in [0.15, 0.2) is 45.2 Å². The number of benzene rings is 2. The lowest BCUT2D eigenvalue weighted by Gasteiger charge is -2.06. The van der Waals surface area contributed by atoms with Crippen LogP contribution in [-0.4, -0.2) is 10.9 Å². The molecule has 0 aliphatic heterocycles. The van der Waals surface area contributed by atoms with Crippen molar-refractivity contribution in [2.24, 2.45) is 0 Å². The van der Waals surface area contributed by atoms with Gasteiger partial charge in [-0.1, -0.05) is 36.4 Å². The van der Waals surface area contributed by atoms with Gasteiger partial charge in [0.1, 0.15) is 16.9 Å². The number of aliphatic hydroxyl groups is 1. The first-order chi connectivity index (χ1) is 12.4. The summed E-state index contributed by atoms with van der Waals surface area (Å²) in [5, 5.41) is 12.5. The lowest BCUT2D eigenvalue weighted by atomic mass is 10.0. The molecule has 0 spiro atoms. The fraction of sp³-hybridized carbons (Fsp3) is 0.227. The van der Waals surface area contributed by atoms with E-state index >= 15 is 0 Å². The average molecular weight is 348 g/mol. The van der Waals surface area contributed by atoms with Gasteiger partial charge in [0.25, 0.3) is 0 Å². The summed E-state index contributed by atoms with van der Waals surface area (Å²) in [4.78, 5) is 13.0. The van der Waals surface area contributed by atoms with Crippen LogP contribution < -0.4 is 0 Å². The fourth-order valence-electron chi connectivity index (χ4n) is 3.53. The van der Waals surface area contributed by atoms with Crippen LogP contribution in [0.3, 0.4) is 0 Å². The van der Waals surface area contributed by atoms with Gasteiger partial charge in [0, 0.05) is 21.9 Å². The number of fused-ring (bicyclic) bond motifs is 2. The third-order valence-corrected chi connectivity index (χ3v) is 5.08. The Hall–Kier alpha value is -2.85. The highest BCUT2D eigenvalue weighted by Gasteiger charge is 2.30. The van der Waals surface area contributed by atoms with Crippen LogP contribution in [0, 0.1) is 27.7 Å². The topological polar surface area (TPSA) is 63.6 Å². The number of rotatable bonds is 3. The van der Waals surface area contributed by atoms with E-state index < -0.39 is 11.9 Å². The Morgan fingerprint density at radius 3 is 1.92 bits per heavy atom. The molecule has 0 radical (unpaired) electrons. The smallest absolute Gasteiger partial charge is 0.234 e. The van der Waals surface area contributed by atoms with Crippen LogP contribution in [0.1, 0.15) is 44.7 Å². The molecular formula is C22H20O4. The van der Waals surface area contributed by atoms with Crippen molar-refractivity contribution >= 4 is 27.7 Å². The molecule has 0 saturated carbocycles. The Bertz CT molecular complexity index is 1160. The number of carbonyl (C=O) groups excluding carboxylic acids is 1. The summed E-state index contributed by atoms with van der Waals surface area (Å²) in [6, 6.07) is 11.6. The molecule has 0 aliphatic rings. The maximum Gasteiger partial charge on any atom is 0.234 e. The Balaban J connectivity index is 1.82. The van der Waals surface area contributed by atoms with Gasteiger partial charge in [-0.3, -0.25) is 4.79 Å². The minimum absolute atomic E-state index is 0.179. The summed E-state index contributed by atoms with van der Waals surface area (Å²) < 4.78 is 11.7. The van der Waals surface area contributed by atoms with E-state index in [0.29, 0.717) is 11.2 Å². The highest BCUT2D eigenvalue weighted by Crippen LogP contribution is 2.35. The molecule has 2 aromatic carbocycles. The summed E-state index contributed by atoms with van der Waals surface area (Å²) in [7, 11) is 0. The van der Waals surface area contributed by atoms with Gasteiger partial charge in [0.05, 0.1) is 0 Å². The summed E-state index contributed by atoms with van der Waals surface area (Å²) in [6.45, 7) is 7.56. The Morgan fingerprint density at radius 2 is 1.38 bits per heavy atom. The quantitative estimate of drug-likeness (QED) is 0.508. The summed E-state index contributed by atoms with van der Waals surface area (Å²) in [5.41, 5.74) is 4.80. The molecule has 2 aromatic heterocycles. The third-order valence-electron chi connectivity index (χ3n) is 5.08. The van der Waals surface area contributed by atoms with Gasteiger partial charge in [-0.2, -0.15) is 0 Å². The number of aliphatic hydroxyl groups excluding tert-OH is 1. The fourth-order valence-corrected chi connectivity index (χ4v) is 3.53. The SMILES string of the molecule is Cc1c(C(=O)C(O)c2oc3c(C)cccc3c2C)oc2c(C)cccc12. The standard InChI is InChI=1S/C22H20O4/c1-11-7-5-9-15-13(3)21(25-19(11)15)17(23)18(24)22-14(4)16-10-6-8-12(2)20(16)26-22/h5-10,17,23H,1-4H3. The zero-order valence-corrected chi connectivity index (χ0v) is 15.2. The second kappa shape index (κ2) is 5.85. The van der Waals surface area contributed by atoms with Gasteiger partial charge in [-0.25, -0.2) is 0 Å². The molecule has 4 nitrogen and oxygen atoms in total. The number of ketones is 1. The van der Waals surface area contributed by atoms with E-state index in [0.717, 1.165) is 33.0 Å². The number of carbonyl (C=O) groups is 1. The van der Waals surface area contributed by atoms with E-state index in [1.165, 1.54) is 0 Å². The van der Waals surface area contributed by atoms with E-state index in [1.54, 1.807) is 0 Å². The van der Waals surface area contributed by atoms with E-state index in [-0.39, 0.29) is 11.5 Å². The summed E-state index contributed by atoms with van der Waals surface area (Å²) in [6.07, 6.45) is -1.40. The van der Waals surface area contributed by atoms with Crippen molar-refractivity contribution < 1.29 is 18.7 Å². The number of aryl methyl sites for hydroxylation is 4. The minimum atomic E-state index is -1.40. The molecule has 0 aliphatic carbocycles. The van der Waals surface area contributed by atoms with E-state index in [9.17, 15) is 9.90 Å². The van der Waals surface area contributed by atoms with Gasteiger partial charge in [-0.05, 0) is 38.8 Å². The van der Waals surface area contributed by atoms with Crippen molar-refractivity contribution in [2.75, 3.05) is 0 Å². The first-order valence-electron chi connectivity index (χ1n) is 8.59. The maximum atomic E-state index is 13.0. The number of Topliss-reactive ketones (excluding diaryl/α,β-unsaturated/α-hetero) is 1. The second-order valence-corrected chi connectivity index (χ2v) is 6.82. The predicted molar refractivity (Wildman–Crippen MR) is 101 cm³/mol. The van der Waals surface area contributed by atoms with E-state index in [1.807, 2.05) is 64.1 Å². The van der Waals surface area contributed by atoms with Crippen LogP contribution in [0.25, 0.3) is 21.9 Å². The van der Waals surface area contributed by atoms with Crippen LogP contribution in [0.4, 0.5) is 0 Å². The average Bonchev–Trinajstić information content (AvgIpc) is 3.14. The zero-order valence-electron chi connectivity index (χ0n) is 15.2. The number of hydrogen-bond donors (Lipinski definition) is 1. The predicted octanol–water partition coefficient (Wildman–Crippen LogP) is 5.33.